The minimum Gasteiger partial charge on any atom is -0.368 e. The van der Waals surface area contributed by atoms with Gasteiger partial charge < -0.3 is 20.3 Å². The minimum absolute atomic E-state index is 0.0835. The SMILES string of the molecule is O=C(Nc1ccc(NC(=O)N2CCC[C@H]2c2ccsc2)cc1)[C@@H]1CCCO1. The predicted octanol–water partition coefficient (Wildman–Crippen LogP) is 4.23. The summed E-state index contributed by atoms with van der Waals surface area (Å²) in [6.45, 7) is 1.41. The summed E-state index contributed by atoms with van der Waals surface area (Å²) >= 11 is 1.66. The van der Waals surface area contributed by atoms with Gasteiger partial charge in [-0.15, -0.1) is 0 Å². The number of urea groups is 1. The molecule has 0 bridgehead atoms. The Bertz CT molecular complexity index is 785. The van der Waals surface area contributed by atoms with Gasteiger partial charge in [-0.1, -0.05) is 0 Å². The number of rotatable bonds is 4. The van der Waals surface area contributed by atoms with Gasteiger partial charge in [-0.2, -0.15) is 11.3 Å². The maximum absolute atomic E-state index is 12.7. The van der Waals surface area contributed by atoms with E-state index in [2.05, 4.69) is 22.1 Å². The molecule has 7 heteroatoms. The van der Waals surface area contributed by atoms with Gasteiger partial charge in [-0.25, -0.2) is 4.79 Å². The van der Waals surface area contributed by atoms with Crippen LogP contribution in [0.3, 0.4) is 0 Å². The molecule has 2 atom stereocenters. The minimum atomic E-state index is -0.353. The van der Waals surface area contributed by atoms with Crippen LogP contribution in [0, 0.1) is 0 Å². The zero-order valence-electron chi connectivity index (χ0n) is 15.0. The first kappa shape index (κ1) is 18.0. The lowest BCUT2D eigenvalue weighted by atomic mass is 10.1. The van der Waals surface area contributed by atoms with Crippen LogP contribution in [0.2, 0.25) is 0 Å². The molecule has 6 nitrogen and oxygen atoms in total. The highest BCUT2D eigenvalue weighted by molar-refractivity contribution is 7.08. The maximum Gasteiger partial charge on any atom is 0.322 e. The van der Waals surface area contributed by atoms with Crippen LogP contribution < -0.4 is 10.6 Å². The second-order valence-electron chi connectivity index (χ2n) is 6.91. The lowest BCUT2D eigenvalue weighted by Crippen LogP contribution is -2.34. The summed E-state index contributed by atoms with van der Waals surface area (Å²) in [5.41, 5.74) is 2.62. The molecule has 1 aromatic carbocycles. The summed E-state index contributed by atoms with van der Waals surface area (Å²) in [5.74, 6) is -0.111. The van der Waals surface area contributed by atoms with Crippen molar-refractivity contribution in [2.24, 2.45) is 0 Å². The Labute approximate surface area is 162 Å². The van der Waals surface area contributed by atoms with E-state index in [0.717, 1.165) is 32.2 Å². The molecule has 0 unspecified atom stereocenters. The Morgan fingerprint density at radius 1 is 1.04 bits per heavy atom. The van der Waals surface area contributed by atoms with E-state index in [-0.39, 0.29) is 24.1 Å². The number of carbonyl (C=O) groups is 2. The maximum atomic E-state index is 12.7. The molecule has 0 radical (unpaired) electrons. The molecule has 27 heavy (non-hydrogen) atoms. The van der Waals surface area contributed by atoms with E-state index in [4.69, 9.17) is 4.74 Å². The van der Waals surface area contributed by atoms with E-state index < -0.39 is 0 Å². The molecular formula is C20H23N3O3S. The third kappa shape index (κ3) is 4.14. The molecule has 2 aromatic rings. The van der Waals surface area contributed by atoms with Gasteiger partial charge in [0.2, 0.25) is 0 Å². The number of thiophene rings is 1. The Hall–Kier alpha value is -2.38. The quantitative estimate of drug-likeness (QED) is 0.827. The van der Waals surface area contributed by atoms with Crippen molar-refractivity contribution in [3.63, 3.8) is 0 Å². The van der Waals surface area contributed by atoms with E-state index in [9.17, 15) is 9.59 Å². The lowest BCUT2D eigenvalue weighted by Gasteiger charge is -2.24. The Balaban J connectivity index is 1.35. The third-order valence-electron chi connectivity index (χ3n) is 5.07. The predicted molar refractivity (Wildman–Crippen MR) is 106 cm³/mol. The van der Waals surface area contributed by atoms with Crippen molar-refractivity contribution in [1.82, 2.24) is 4.90 Å². The van der Waals surface area contributed by atoms with Crippen LogP contribution in [0.15, 0.2) is 41.1 Å². The van der Waals surface area contributed by atoms with Gasteiger partial charge in [0, 0.05) is 24.5 Å². The average molecular weight is 385 g/mol. The van der Waals surface area contributed by atoms with Crippen LogP contribution >= 0.6 is 11.3 Å². The smallest absolute Gasteiger partial charge is 0.322 e. The Morgan fingerprint density at radius 2 is 1.81 bits per heavy atom. The number of hydrogen-bond donors (Lipinski definition) is 2. The monoisotopic (exact) mass is 385 g/mol. The largest absolute Gasteiger partial charge is 0.368 e. The molecular weight excluding hydrogens is 362 g/mol. The molecule has 2 aliphatic heterocycles. The van der Waals surface area contributed by atoms with Crippen molar-refractivity contribution in [2.75, 3.05) is 23.8 Å². The highest BCUT2D eigenvalue weighted by Gasteiger charge is 2.30. The normalized spacial score (nSPS) is 22.0. The molecule has 0 spiro atoms. The van der Waals surface area contributed by atoms with Gasteiger partial charge in [0.1, 0.15) is 6.10 Å². The fourth-order valence-electron chi connectivity index (χ4n) is 3.66. The Morgan fingerprint density at radius 3 is 2.48 bits per heavy atom. The number of nitrogens with one attached hydrogen (secondary N) is 2. The van der Waals surface area contributed by atoms with E-state index in [1.165, 1.54) is 5.56 Å². The standard InChI is InChI=1S/C20H23N3O3S/c24-19(18-4-2-11-26-18)21-15-5-7-16(8-6-15)22-20(25)23-10-1-3-17(23)14-9-12-27-13-14/h5-9,12-13,17-18H,1-4,10-11H2,(H,21,24)(H,22,25)/t17-,18-/m0/s1. The van der Waals surface area contributed by atoms with Crippen molar-refractivity contribution in [1.29, 1.82) is 0 Å². The molecule has 142 valence electrons. The van der Waals surface area contributed by atoms with Crippen molar-refractivity contribution in [2.45, 2.75) is 37.8 Å². The highest BCUT2D eigenvalue weighted by Crippen LogP contribution is 2.33. The number of nitrogens with zero attached hydrogens (tertiary/aromatic N) is 1. The van der Waals surface area contributed by atoms with Crippen molar-refractivity contribution in [3.05, 3.63) is 46.7 Å². The molecule has 4 rings (SSSR count). The highest BCUT2D eigenvalue weighted by atomic mass is 32.1. The van der Waals surface area contributed by atoms with Gasteiger partial charge in [0.05, 0.1) is 6.04 Å². The van der Waals surface area contributed by atoms with E-state index >= 15 is 0 Å². The number of likely N-dealkylation sites (tertiary alicyclic amines) is 1. The van der Waals surface area contributed by atoms with Crippen LogP contribution in [0.25, 0.3) is 0 Å². The third-order valence-corrected chi connectivity index (χ3v) is 5.77. The first-order chi connectivity index (χ1) is 13.2. The van der Waals surface area contributed by atoms with Crippen molar-refractivity contribution in [3.8, 4) is 0 Å². The first-order valence-corrected chi connectivity index (χ1v) is 10.3. The van der Waals surface area contributed by atoms with Gasteiger partial charge in [-0.05, 0) is 72.3 Å². The first-order valence-electron chi connectivity index (χ1n) is 9.33. The summed E-state index contributed by atoms with van der Waals surface area (Å²) in [5, 5.41) is 9.99. The van der Waals surface area contributed by atoms with Gasteiger partial charge in [0.25, 0.3) is 5.91 Å². The van der Waals surface area contributed by atoms with Crippen molar-refractivity contribution >= 4 is 34.6 Å². The number of ether oxygens (including phenoxy) is 1. The molecule has 2 N–H and O–H groups in total. The fourth-order valence-corrected chi connectivity index (χ4v) is 4.37. The molecule has 3 amide bonds. The Kier molecular flexibility index (Phi) is 5.40. The number of amides is 3. The van der Waals surface area contributed by atoms with Gasteiger partial charge >= 0.3 is 6.03 Å². The zero-order chi connectivity index (χ0) is 18.6. The molecule has 2 saturated heterocycles. The topological polar surface area (TPSA) is 70.7 Å². The molecule has 3 heterocycles. The fraction of sp³-hybridized carbons (Fsp3) is 0.400. The van der Waals surface area contributed by atoms with Crippen molar-refractivity contribution < 1.29 is 14.3 Å². The average Bonchev–Trinajstić information content (AvgIpc) is 3.43. The van der Waals surface area contributed by atoms with E-state index in [1.54, 1.807) is 35.6 Å². The lowest BCUT2D eigenvalue weighted by molar-refractivity contribution is -0.124. The second-order valence-corrected chi connectivity index (χ2v) is 7.69. The van der Waals surface area contributed by atoms with Crippen LogP contribution in [-0.4, -0.2) is 36.1 Å². The van der Waals surface area contributed by atoms with Crippen LogP contribution in [0.1, 0.15) is 37.3 Å². The van der Waals surface area contributed by atoms with Crippen LogP contribution in [0.4, 0.5) is 16.2 Å². The number of anilines is 2. The summed E-state index contributed by atoms with van der Waals surface area (Å²) in [4.78, 5) is 26.7. The molecule has 2 aliphatic rings. The van der Waals surface area contributed by atoms with E-state index in [1.807, 2.05) is 10.3 Å². The summed E-state index contributed by atoms with van der Waals surface area (Å²) in [7, 11) is 0. The molecule has 0 saturated carbocycles. The number of carbonyl (C=O) groups excluding carboxylic acids is 2. The molecule has 1 aromatic heterocycles. The van der Waals surface area contributed by atoms with Gasteiger partial charge in [-0.3, -0.25) is 4.79 Å². The van der Waals surface area contributed by atoms with E-state index in [0.29, 0.717) is 18.0 Å². The second kappa shape index (κ2) is 8.10. The van der Waals surface area contributed by atoms with Gasteiger partial charge in [0.15, 0.2) is 0 Å². The molecule has 0 aliphatic carbocycles. The van der Waals surface area contributed by atoms with Crippen LogP contribution in [-0.2, 0) is 9.53 Å². The molecule has 2 fully saturated rings. The number of benzene rings is 1. The summed E-state index contributed by atoms with van der Waals surface area (Å²) in [6.07, 6.45) is 3.35. The number of hydrogen-bond acceptors (Lipinski definition) is 4. The summed E-state index contributed by atoms with van der Waals surface area (Å²) < 4.78 is 5.39. The van der Waals surface area contributed by atoms with Crippen LogP contribution in [0.5, 0.6) is 0 Å². The summed E-state index contributed by atoms with van der Waals surface area (Å²) in [6, 6.07) is 9.36. The zero-order valence-corrected chi connectivity index (χ0v) is 15.8.